The van der Waals surface area contributed by atoms with Gasteiger partial charge in [-0.3, -0.25) is 0 Å². The number of anilines is 4. The van der Waals surface area contributed by atoms with Crippen LogP contribution in [0.4, 0.5) is 22.9 Å². The number of nitrogens with zero attached hydrogens (tertiary/aromatic N) is 4. The lowest BCUT2D eigenvalue weighted by Crippen LogP contribution is -2.29. The van der Waals surface area contributed by atoms with E-state index in [0.717, 1.165) is 36.6 Å². The Balaban J connectivity index is 2.14. The fraction of sp³-hybridized carbons (Fsp3) is 0.333. The number of halogens is 1. The summed E-state index contributed by atoms with van der Waals surface area (Å²) in [5.74, 6) is 0.851. The molecule has 0 saturated carbocycles. The van der Waals surface area contributed by atoms with Gasteiger partial charge in [0.15, 0.2) is 11.0 Å². The lowest BCUT2D eigenvalue weighted by atomic mass is 10.1. The molecule has 20 heavy (non-hydrogen) atoms. The Labute approximate surface area is 124 Å². The van der Waals surface area contributed by atoms with Crippen molar-refractivity contribution < 1.29 is 0 Å². The highest BCUT2D eigenvalue weighted by molar-refractivity contribution is 6.29. The van der Waals surface area contributed by atoms with Gasteiger partial charge in [-0.15, -0.1) is 10.2 Å². The molecule has 0 aliphatic carbocycles. The predicted octanol–water partition coefficient (Wildman–Crippen LogP) is 4.15. The Kier molecular flexibility index (Phi) is 3.49. The van der Waals surface area contributed by atoms with Gasteiger partial charge >= 0.3 is 0 Å². The second kappa shape index (κ2) is 5.29. The Morgan fingerprint density at radius 2 is 1.85 bits per heavy atom. The normalized spacial score (nSPS) is 13.2. The molecule has 4 nitrogen and oxygen atoms in total. The van der Waals surface area contributed by atoms with Crippen molar-refractivity contribution in [1.82, 2.24) is 10.2 Å². The Hall–Kier alpha value is -1.81. The largest absolute Gasteiger partial charge is 0.337 e. The summed E-state index contributed by atoms with van der Waals surface area (Å²) in [5.41, 5.74) is 3.37. The third kappa shape index (κ3) is 2.10. The van der Waals surface area contributed by atoms with Crippen LogP contribution in [0.2, 0.25) is 5.15 Å². The van der Waals surface area contributed by atoms with Crippen molar-refractivity contribution in [3.05, 3.63) is 35.5 Å². The second-order valence-electron chi connectivity index (χ2n) is 4.93. The van der Waals surface area contributed by atoms with Crippen LogP contribution in [0.3, 0.4) is 0 Å². The molecule has 0 radical (unpaired) electrons. The van der Waals surface area contributed by atoms with Crippen molar-refractivity contribution in [2.24, 2.45) is 0 Å². The summed E-state index contributed by atoms with van der Waals surface area (Å²) >= 11 is 6.03. The van der Waals surface area contributed by atoms with E-state index in [0.29, 0.717) is 5.15 Å². The van der Waals surface area contributed by atoms with E-state index in [1.54, 1.807) is 0 Å². The molecule has 2 heterocycles. The van der Waals surface area contributed by atoms with Gasteiger partial charge in [0.05, 0.1) is 17.1 Å². The standard InChI is InChI=1S/C15H17ClN4/c1-3-4-9-20-12-8-6-5-7-11(12)19(2)15-13(20)10-14(16)17-18-15/h5-8,10H,3-4,9H2,1-2H3. The first kappa shape index (κ1) is 13.2. The third-order valence-electron chi connectivity index (χ3n) is 3.60. The summed E-state index contributed by atoms with van der Waals surface area (Å²) < 4.78 is 0. The van der Waals surface area contributed by atoms with Crippen LogP contribution in [-0.4, -0.2) is 23.8 Å². The van der Waals surface area contributed by atoms with Crippen LogP contribution >= 0.6 is 11.6 Å². The summed E-state index contributed by atoms with van der Waals surface area (Å²) in [6.07, 6.45) is 2.27. The van der Waals surface area contributed by atoms with Crippen LogP contribution in [0.5, 0.6) is 0 Å². The molecule has 1 aliphatic rings. The molecule has 0 amide bonds. The number of hydrogen-bond donors (Lipinski definition) is 0. The van der Waals surface area contributed by atoms with E-state index in [2.05, 4.69) is 45.1 Å². The molecular formula is C15H17ClN4. The lowest BCUT2D eigenvalue weighted by Gasteiger charge is -2.37. The number of benzene rings is 1. The molecule has 0 saturated heterocycles. The first-order valence-electron chi connectivity index (χ1n) is 6.86. The Morgan fingerprint density at radius 1 is 1.10 bits per heavy atom. The number of unbranched alkanes of at least 4 members (excludes halogenated alkanes) is 1. The third-order valence-corrected chi connectivity index (χ3v) is 3.79. The van der Waals surface area contributed by atoms with Gasteiger partial charge in [-0.1, -0.05) is 37.1 Å². The maximum atomic E-state index is 6.03. The monoisotopic (exact) mass is 288 g/mol. The maximum Gasteiger partial charge on any atom is 0.179 e. The first-order valence-corrected chi connectivity index (χ1v) is 7.23. The SMILES string of the molecule is CCCCN1c2ccccc2N(C)c2nnc(Cl)cc21. The quantitative estimate of drug-likeness (QED) is 0.849. The molecule has 0 atom stereocenters. The number of rotatable bonds is 3. The highest BCUT2D eigenvalue weighted by Crippen LogP contribution is 2.46. The molecule has 104 valence electrons. The zero-order valence-corrected chi connectivity index (χ0v) is 12.4. The number of para-hydroxylation sites is 2. The van der Waals surface area contributed by atoms with Crippen molar-refractivity contribution in [3.63, 3.8) is 0 Å². The molecule has 1 aromatic heterocycles. The van der Waals surface area contributed by atoms with Gasteiger partial charge in [0, 0.05) is 19.7 Å². The van der Waals surface area contributed by atoms with E-state index in [-0.39, 0.29) is 0 Å². The summed E-state index contributed by atoms with van der Waals surface area (Å²) in [6, 6.07) is 10.2. The number of fused-ring (bicyclic) bond motifs is 2. The van der Waals surface area contributed by atoms with Gasteiger partial charge < -0.3 is 9.80 Å². The minimum Gasteiger partial charge on any atom is -0.337 e. The highest BCUT2D eigenvalue weighted by Gasteiger charge is 2.27. The van der Waals surface area contributed by atoms with Crippen molar-refractivity contribution in [1.29, 1.82) is 0 Å². The molecule has 0 bridgehead atoms. The molecule has 0 N–H and O–H groups in total. The fourth-order valence-corrected chi connectivity index (χ4v) is 2.71. The molecule has 0 unspecified atom stereocenters. The van der Waals surface area contributed by atoms with Gasteiger partial charge in [0.1, 0.15) is 0 Å². The van der Waals surface area contributed by atoms with Crippen molar-refractivity contribution >= 4 is 34.5 Å². The summed E-state index contributed by atoms with van der Waals surface area (Å²) in [5, 5.41) is 8.67. The summed E-state index contributed by atoms with van der Waals surface area (Å²) in [7, 11) is 2.01. The minimum atomic E-state index is 0.429. The van der Waals surface area contributed by atoms with E-state index in [1.807, 2.05) is 19.2 Å². The molecule has 3 rings (SSSR count). The molecule has 5 heteroatoms. The van der Waals surface area contributed by atoms with Crippen LogP contribution in [-0.2, 0) is 0 Å². The second-order valence-corrected chi connectivity index (χ2v) is 5.32. The maximum absolute atomic E-state index is 6.03. The van der Waals surface area contributed by atoms with Crippen molar-refractivity contribution in [3.8, 4) is 0 Å². The van der Waals surface area contributed by atoms with Gasteiger partial charge in [0.25, 0.3) is 0 Å². The Bertz CT molecular complexity index is 629. The average Bonchev–Trinajstić information content (AvgIpc) is 2.47. The number of aromatic nitrogens is 2. The first-order chi connectivity index (χ1) is 9.72. The van der Waals surface area contributed by atoms with E-state index in [1.165, 1.54) is 5.69 Å². The molecule has 0 fully saturated rings. The van der Waals surface area contributed by atoms with Crippen molar-refractivity contribution in [2.75, 3.05) is 23.4 Å². The number of hydrogen-bond acceptors (Lipinski definition) is 4. The van der Waals surface area contributed by atoms with Gasteiger partial charge in [-0.2, -0.15) is 0 Å². The lowest BCUT2D eigenvalue weighted by molar-refractivity contribution is 0.777. The van der Waals surface area contributed by atoms with Gasteiger partial charge in [0.2, 0.25) is 0 Å². The highest BCUT2D eigenvalue weighted by atomic mass is 35.5. The Morgan fingerprint density at radius 3 is 2.60 bits per heavy atom. The topological polar surface area (TPSA) is 32.3 Å². The molecule has 1 aliphatic heterocycles. The van der Waals surface area contributed by atoms with Crippen LogP contribution in [0.1, 0.15) is 19.8 Å². The molecule has 0 spiro atoms. The van der Waals surface area contributed by atoms with Gasteiger partial charge in [-0.25, -0.2) is 0 Å². The summed E-state index contributed by atoms with van der Waals surface area (Å²) in [4.78, 5) is 4.35. The fourth-order valence-electron chi connectivity index (χ4n) is 2.57. The minimum absolute atomic E-state index is 0.429. The van der Waals surface area contributed by atoms with Crippen LogP contribution in [0.25, 0.3) is 0 Å². The average molecular weight is 289 g/mol. The van der Waals surface area contributed by atoms with Crippen LogP contribution in [0.15, 0.2) is 30.3 Å². The van der Waals surface area contributed by atoms with Gasteiger partial charge in [-0.05, 0) is 18.6 Å². The molecule has 1 aromatic carbocycles. The van der Waals surface area contributed by atoms with Crippen LogP contribution < -0.4 is 9.80 Å². The van der Waals surface area contributed by atoms with E-state index in [4.69, 9.17) is 11.6 Å². The summed E-state index contributed by atoms with van der Waals surface area (Å²) in [6.45, 7) is 3.15. The van der Waals surface area contributed by atoms with E-state index in [9.17, 15) is 0 Å². The molecule has 2 aromatic rings. The zero-order chi connectivity index (χ0) is 14.1. The zero-order valence-electron chi connectivity index (χ0n) is 11.7. The van der Waals surface area contributed by atoms with Crippen LogP contribution in [0, 0.1) is 0 Å². The van der Waals surface area contributed by atoms with E-state index >= 15 is 0 Å². The van der Waals surface area contributed by atoms with E-state index < -0.39 is 0 Å². The predicted molar refractivity (Wildman–Crippen MR) is 83.5 cm³/mol. The smallest absolute Gasteiger partial charge is 0.179 e. The van der Waals surface area contributed by atoms with Crippen molar-refractivity contribution in [2.45, 2.75) is 19.8 Å². The molecular weight excluding hydrogens is 272 g/mol.